The zero-order valence-electron chi connectivity index (χ0n) is 22.4. The van der Waals surface area contributed by atoms with Crippen LogP contribution in [0, 0.1) is 13.8 Å². The number of hydrogen-bond acceptors (Lipinski definition) is 6. The molecule has 0 spiro atoms. The number of ether oxygens (including phenoxy) is 1. The fourth-order valence-electron chi connectivity index (χ4n) is 4.21. The van der Waals surface area contributed by atoms with Crippen molar-refractivity contribution < 1.29 is 27.5 Å². The molecule has 0 saturated heterocycles. The molecule has 0 aliphatic heterocycles. The largest absolute Gasteiger partial charge is 0.454 e. The van der Waals surface area contributed by atoms with E-state index in [1.165, 1.54) is 18.2 Å². The topological polar surface area (TPSA) is 76.3 Å². The van der Waals surface area contributed by atoms with E-state index >= 15 is 0 Å². The first kappa shape index (κ1) is 28.3. The lowest BCUT2D eigenvalue weighted by Gasteiger charge is -2.13. The normalized spacial score (nSPS) is 11.6. The number of esters is 1. The highest BCUT2D eigenvalue weighted by Gasteiger charge is 2.31. The van der Waals surface area contributed by atoms with Gasteiger partial charge in [-0.2, -0.15) is 18.3 Å². The standard InChI is InChI=1S/C30H27F3N4O3/c1-19-16-26(20(2)37(19)24-9-7-8-21(17-24)30(31,32)33)28(38)18-40-29(39)25-10-5-6-11-27(25)35-34-22-12-14-23(15-13-22)36(3)4/h5-17H,18H2,1-4H3. The van der Waals surface area contributed by atoms with Crippen LogP contribution in [-0.4, -0.2) is 37.0 Å². The summed E-state index contributed by atoms with van der Waals surface area (Å²) in [7, 11) is 3.86. The number of hydrogen-bond donors (Lipinski definition) is 0. The first-order chi connectivity index (χ1) is 19.0. The maximum atomic E-state index is 13.2. The van der Waals surface area contributed by atoms with Crippen LogP contribution in [-0.2, 0) is 10.9 Å². The van der Waals surface area contributed by atoms with E-state index in [-0.39, 0.29) is 22.5 Å². The molecular weight excluding hydrogens is 521 g/mol. The molecule has 206 valence electrons. The van der Waals surface area contributed by atoms with Gasteiger partial charge in [0.05, 0.1) is 16.8 Å². The van der Waals surface area contributed by atoms with Gasteiger partial charge in [0.2, 0.25) is 5.78 Å². The van der Waals surface area contributed by atoms with Crippen molar-refractivity contribution in [3.8, 4) is 5.69 Å². The Balaban J connectivity index is 1.48. The third-order valence-corrected chi connectivity index (χ3v) is 6.26. The predicted molar refractivity (Wildman–Crippen MR) is 146 cm³/mol. The maximum Gasteiger partial charge on any atom is 0.416 e. The number of carbonyl (C=O) groups is 2. The highest BCUT2D eigenvalue weighted by molar-refractivity contribution is 6.01. The lowest BCUT2D eigenvalue weighted by Crippen LogP contribution is -2.15. The van der Waals surface area contributed by atoms with Crippen LogP contribution >= 0.6 is 0 Å². The minimum Gasteiger partial charge on any atom is -0.454 e. The van der Waals surface area contributed by atoms with Crippen molar-refractivity contribution in [2.45, 2.75) is 20.0 Å². The number of rotatable bonds is 8. The molecule has 7 nitrogen and oxygen atoms in total. The van der Waals surface area contributed by atoms with Gasteiger partial charge < -0.3 is 14.2 Å². The van der Waals surface area contributed by atoms with Gasteiger partial charge in [0, 0.05) is 42.4 Å². The van der Waals surface area contributed by atoms with Gasteiger partial charge in [-0.25, -0.2) is 4.79 Å². The summed E-state index contributed by atoms with van der Waals surface area (Å²) >= 11 is 0. The molecule has 4 aromatic rings. The summed E-state index contributed by atoms with van der Waals surface area (Å²) in [6.45, 7) is 2.76. The smallest absolute Gasteiger partial charge is 0.416 e. The zero-order chi connectivity index (χ0) is 29.0. The van der Waals surface area contributed by atoms with Crippen LogP contribution in [0.4, 0.5) is 30.2 Å². The van der Waals surface area contributed by atoms with E-state index in [1.54, 1.807) is 54.8 Å². The van der Waals surface area contributed by atoms with E-state index in [9.17, 15) is 22.8 Å². The summed E-state index contributed by atoms with van der Waals surface area (Å²) < 4.78 is 46.5. The summed E-state index contributed by atoms with van der Waals surface area (Å²) in [5, 5.41) is 8.38. The van der Waals surface area contributed by atoms with Gasteiger partial charge in [-0.15, -0.1) is 5.11 Å². The van der Waals surface area contributed by atoms with Gasteiger partial charge >= 0.3 is 12.1 Å². The van der Waals surface area contributed by atoms with Gasteiger partial charge in [-0.1, -0.05) is 18.2 Å². The summed E-state index contributed by atoms with van der Waals surface area (Å²) in [4.78, 5) is 27.8. The summed E-state index contributed by atoms with van der Waals surface area (Å²) in [5.41, 5.74) is 2.75. The Kier molecular flexibility index (Phi) is 8.18. The molecule has 0 aliphatic rings. The minimum absolute atomic E-state index is 0.137. The van der Waals surface area contributed by atoms with Crippen LogP contribution in [0.2, 0.25) is 0 Å². The number of azo groups is 1. The van der Waals surface area contributed by atoms with Gasteiger partial charge in [0.25, 0.3) is 0 Å². The number of aryl methyl sites for hydroxylation is 1. The second-order valence-corrected chi connectivity index (χ2v) is 9.30. The summed E-state index contributed by atoms with van der Waals surface area (Å²) in [6, 6.07) is 20.3. The molecule has 3 aromatic carbocycles. The number of halogens is 3. The Hall–Kier alpha value is -4.73. The van der Waals surface area contributed by atoms with Crippen LogP contribution in [0.25, 0.3) is 5.69 Å². The van der Waals surface area contributed by atoms with Crippen LogP contribution in [0.15, 0.2) is 89.1 Å². The van der Waals surface area contributed by atoms with Crippen molar-refractivity contribution in [2.75, 3.05) is 25.6 Å². The van der Waals surface area contributed by atoms with Crippen molar-refractivity contribution >= 4 is 28.8 Å². The third kappa shape index (κ3) is 6.28. The molecule has 0 unspecified atom stereocenters. The van der Waals surface area contributed by atoms with E-state index in [0.717, 1.165) is 17.8 Å². The molecule has 40 heavy (non-hydrogen) atoms. The number of anilines is 1. The molecule has 10 heteroatoms. The second-order valence-electron chi connectivity index (χ2n) is 9.30. The molecule has 0 radical (unpaired) electrons. The van der Waals surface area contributed by atoms with Crippen LogP contribution in [0.1, 0.15) is 37.7 Å². The number of alkyl halides is 3. The molecule has 0 amide bonds. The van der Waals surface area contributed by atoms with E-state index < -0.39 is 30.1 Å². The van der Waals surface area contributed by atoms with Crippen molar-refractivity contribution in [3.05, 3.63) is 107 Å². The lowest BCUT2D eigenvalue weighted by atomic mass is 10.1. The predicted octanol–water partition coefficient (Wildman–Crippen LogP) is 7.63. The van der Waals surface area contributed by atoms with Gasteiger partial charge in [0.1, 0.15) is 5.69 Å². The highest BCUT2D eigenvalue weighted by atomic mass is 19.4. The zero-order valence-corrected chi connectivity index (χ0v) is 22.4. The van der Waals surface area contributed by atoms with E-state index in [0.29, 0.717) is 17.1 Å². The molecule has 0 N–H and O–H groups in total. The van der Waals surface area contributed by atoms with E-state index in [4.69, 9.17) is 4.74 Å². The van der Waals surface area contributed by atoms with E-state index in [2.05, 4.69) is 10.2 Å². The number of benzene rings is 3. The molecule has 0 fully saturated rings. The molecule has 1 heterocycles. The van der Waals surface area contributed by atoms with E-state index in [1.807, 2.05) is 31.1 Å². The number of Topliss-reactive ketones (excluding diaryl/α,β-unsaturated/α-hetero) is 1. The Bertz CT molecular complexity index is 1570. The molecular formula is C30H27F3N4O3. The first-order valence-electron chi connectivity index (χ1n) is 12.3. The van der Waals surface area contributed by atoms with Gasteiger partial charge in [-0.05, 0) is 74.5 Å². The fraction of sp³-hybridized carbons (Fsp3) is 0.200. The molecule has 0 bridgehead atoms. The molecule has 4 rings (SSSR count). The molecule has 0 saturated carbocycles. The Labute approximate surface area is 229 Å². The number of nitrogens with zero attached hydrogens (tertiary/aromatic N) is 4. The Morgan fingerprint density at radius 2 is 1.57 bits per heavy atom. The summed E-state index contributed by atoms with van der Waals surface area (Å²) in [6.07, 6.45) is -4.50. The number of aromatic nitrogens is 1. The number of carbonyl (C=O) groups excluding carboxylic acids is 2. The van der Waals surface area contributed by atoms with Crippen molar-refractivity contribution in [3.63, 3.8) is 0 Å². The minimum atomic E-state index is -4.50. The lowest BCUT2D eigenvalue weighted by molar-refractivity contribution is -0.137. The highest BCUT2D eigenvalue weighted by Crippen LogP contribution is 2.32. The SMILES string of the molecule is Cc1cc(C(=O)COC(=O)c2ccccc2N=Nc2ccc(N(C)C)cc2)c(C)n1-c1cccc(C(F)(F)F)c1. The first-order valence-corrected chi connectivity index (χ1v) is 12.3. The van der Waals surface area contributed by atoms with Gasteiger partial charge in [-0.3, -0.25) is 4.79 Å². The Morgan fingerprint density at radius 1 is 0.875 bits per heavy atom. The van der Waals surface area contributed by atoms with Crippen LogP contribution < -0.4 is 4.90 Å². The Morgan fingerprint density at radius 3 is 2.25 bits per heavy atom. The quantitative estimate of drug-likeness (QED) is 0.129. The van der Waals surface area contributed by atoms with Crippen molar-refractivity contribution in [1.82, 2.24) is 4.57 Å². The van der Waals surface area contributed by atoms with Crippen LogP contribution in [0.5, 0.6) is 0 Å². The number of ketones is 1. The summed E-state index contributed by atoms with van der Waals surface area (Å²) in [5.74, 6) is -1.24. The van der Waals surface area contributed by atoms with Crippen molar-refractivity contribution in [1.29, 1.82) is 0 Å². The average molecular weight is 549 g/mol. The molecule has 0 aliphatic carbocycles. The average Bonchev–Trinajstić information content (AvgIpc) is 3.23. The second kappa shape index (κ2) is 11.6. The molecule has 1 aromatic heterocycles. The van der Waals surface area contributed by atoms with Gasteiger partial charge in [0.15, 0.2) is 6.61 Å². The molecule has 0 atom stereocenters. The maximum absolute atomic E-state index is 13.2. The van der Waals surface area contributed by atoms with Crippen LogP contribution in [0.3, 0.4) is 0 Å². The monoisotopic (exact) mass is 548 g/mol. The van der Waals surface area contributed by atoms with Crippen molar-refractivity contribution in [2.24, 2.45) is 10.2 Å². The fourth-order valence-corrected chi connectivity index (χ4v) is 4.21. The third-order valence-electron chi connectivity index (χ3n) is 6.26.